The van der Waals surface area contributed by atoms with Gasteiger partial charge in [0.25, 0.3) is 0 Å². The number of oxazole rings is 1. The van der Waals surface area contributed by atoms with Crippen LogP contribution in [0.25, 0.3) is 0 Å². The van der Waals surface area contributed by atoms with Crippen molar-refractivity contribution in [2.45, 2.75) is 38.0 Å². The molecule has 0 saturated carbocycles. The Morgan fingerprint density at radius 2 is 2.50 bits per heavy atom. The predicted molar refractivity (Wildman–Crippen MR) is 58.2 cm³/mol. The molecule has 0 aromatic carbocycles. The molecule has 2 heterocycles. The molecule has 14 heavy (non-hydrogen) atoms. The second-order valence-electron chi connectivity index (χ2n) is 3.48. The fourth-order valence-corrected chi connectivity index (χ4v) is 3.09. The molecule has 1 aliphatic heterocycles. The van der Waals surface area contributed by atoms with Crippen LogP contribution < -0.4 is 5.73 Å². The van der Waals surface area contributed by atoms with Gasteiger partial charge in [-0.2, -0.15) is 11.8 Å². The highest BCUT2D eigenvalue weighted by Crippen LogP contribution is 2.40. The molecule has 0 radical (unpaired) electrons. The minimum atomic E-state index is 0.407. The average Bonchev–Trinajstić information content (AvgIpc) is 2.85. The summed E-state index contributed by atoms with van der Waals surface area (Å²) < 4.78 is 5.58. The summed E-state index contributed by atoms with van der Waals surface area (Å²) in [5.74, 6) is 2.97. The fourth-order valence-electron chi connectivity index (χ4n) is 1.80. The zero-order valence-electron chi connectivity index (χ0n) is 8.45. The van der Waals surface area contributed by atoms with Crippen molar-refractivity contribution in [3.05, 3.63) is 17.3 Å². The summed E-state index contributed by atoms with van der Waals surface area (Å²) in [6.45, 7) is 2.51. The second-order valence-corrected chi connectivity index (χ2v) is 4.79. The largest absolute Gasteiger partial charge is 0.444 e. The summed E-state index contributed by atoms with van der Waals surface area (Å²) in [5, 5.41) is 0.550. The van der Waals surface area contributed by atoms with Gasteiger partial charge in [-0.3, -0.25) is 0 Å². The maximum Gasteiger partial charge on any atom is 0.208 e. The molecule has 1 fully saturated rings. The number of hydrogen-bond acceptors (Lipinski definition) is 4. The zero-order valence-corrected chi connectivity index (χ0v) is 9.27. The summed E-state index contributed by atoms with van der Waals surface area (Å²) in [7, 11) is 0. The molecule has 1 aromatic heterocycles. The fraction of sp³-hybridized carbons (Fsp3) is 0.700. The molecule has 2 rings (SSSR count). The van der Waals surface area contributed by atoms with Crippen molar-refractivity contribution >= 4 is 11.8 Å². The minimum absolute atomic E-state index is 0.407. The Bertz CT molecular complexity index is 305. The van der Waals surface area contributed by atoms with Gasteiger partial charge < -0.3 is 10.2 Å². The highest BCUT2D eigenvalue weighted by atomic mass is 32.2. The van der Waals surface area contributed by atoms with Crippen molar-refractivity contribution in [2.75, 3.05) is 5.75 Å². The van der Waals surface area contributed by atoms with Crippen molar-refractivity contribution in [1.82, 2.24) is 4.98 Å². The molecule has 0 bridgehead atoms. The Kier molecular flexibility index (Phi) is 3.13. The number of thioether (sulfide) groups is 1. The highest BCUT2D eigenvalue weighted by Gasteiger charge is 2.24. The molecule has 4 heteroatoms. The van der Waals surface area contributed by atoms with E-state index < -0.39 is 0 Å². The molecule has 0 amide bonds. The van der Waals surface area contributed by atoms with Crippen LogP contribution in [0.5, 0.6) is 0 Å². The molecular formula is C10H16N2OS. The van der Waals surface area contributed by atoms with Crippen LogP contribution in [0.1, 0.15) is 42.4 Å². The lowest BCUT2D eigenvalue weighted by Crippen LogP contribution is -1.97. The van der Waals surface area contributed by atoms with Gasteiger partial charge in [-0.1, -0.05) is 6.92 Å². The van der Waals surface area contributed by atoms with E-state index in [4.69, 9.17) is 10.2 Å². The van der Waals surface area contributed by atoms with Crippen molar-refractivity contribution in [1.29, 1.82) is 0 Å². The van der Waals surface area contributed by atoms with Crippen molar-refractivity contribution in [2.24, 2.45) is 5.73 Å². The maximum atomic E-state index is 5.58. The van der Waals surface area contributed by atoms with Gasteiger partial charge in [0, 0.05) is 6.42 Å². The van der Waals surface area contributed by atoms with E-state index in [1.807, 2.05) is 11.8 Å². The van der Waals surface area contributed by atoms with Crippen molar-refractivity contribution < 1.29 is 4.42 Å². The minimum Gasteiger partial charge on any atom is -0.444 e. The van der Waals surface area contributed by atoms with Gasteiger partial charge in [-0.05, 0) is 18.6 Å². The van der Waals surface area contributed by atoms with E-state index in [1.54, 1.807) is 0 Å². The smallest absolute Gasteiger partial charge is 0.208 e. The molecular weight excluding hydrogens is 196 g/mol. The van der Waals surface area contributed by atoms with Crippen LogP contribution in [-0.2, 0) is 13.0 Å². The Morgan fingerprint density at radius 3 is 3.07 bits per heavy atom. The first-order chi connectivity index (χ1) is 6.85. The van der Waals surface area contributed by atoms with Crippen LogP contribution in [0.3, 0.4) is 0 Å². The first-order valence-corrected chi connectivity index (χ1v) is 6.20. The third-order valence-electron chi connectivity index (χ3n) is 2.50. The van der Waals surface area contributed by atoms with E-state index in [0.29, 0.717) is 17.7 Å². The number of aryl methyl sites for hydroxylation is 1. The Balaban J connectivity index is 2.25. The van der Waals surface area contributed by atoms with Crippen LogP contribution in [0.2, 0.25) is 0 Å². The number of aromatic nitrogens is 1. The summed E-state index contributed by atoms with van der Waals surface area (Å²) in [4.78, 5) is 4.47. The van der Waals surface area contributed by atoms with Gasteiger partial charge in [0.2, 0.25) is 5.89 Å². The first kappa shape index (κ1) is 10.1. The summed E-state index contributed by atoms with van der Waals surface area (Å²) >= 11 is 1.99. The lowest BCUT2D eigenvalue weighted by Gasteiger charge is -2.04. The van der Waals surface area contributed by atoms with Crippen LogP contribution in [-0.4, -0.2) is 10.7 Å². The van der Waals surface area contributed by atoms with E-state index in [9.17, 15) is 0 Å². The topological polar surface area (TPSA) is 52.0 Å². The Morgan fingerprint density at radius 1 is 1.64 bits per heavy atom. The average molecular weight is 212 g/mol. The lowest BCUT2D eigenvalue weighted by atomic mass is 10.1. The van der Waals surface area contributed by atoms with Gasteiger partial charge in [-0.25, -0.2) is 4.98 Å². The normalized spacial score (nSPS) is 21.7. The van der Waals surface area contributed by atoms with Crippen LogP contribution >= 0.6 is 11.8 Å². The molecule has 1 aliphatic rings. The van der Waals surface area contributed by atoms with Gasteiger partial charge in [0.1, 0.15) is 5.76 Å². The van der Waals surface area contributed by atoms with E-state index in [-0.39, 0.29) is 0 Å². The van der Waals surface area contributed by atoms with E-state index >= 15 is 0 Å². The number of nitrogens with zero attached hydrogens (tertiary/aromatic N) is 1. The number of nitrogens with two attached hydrogens (primary N) is 1. The van der Waals surface area contributed by atoms with E-state index in [0.717, 1.165) is 17.9 Å². The molecule has 78 valence electrons. The third-order valence-corrected chi connectivity index (χ3v) is 3.89. The number of rotatable bonds is 3. The van der Waals surface area contributed by atoms with Gasteiger partial charge in [0.05, 0.1) is 17.5 Å². The zero-order chi connectivity index (χ0) is 9.97. The SMILES string of the molecule is CCc1oc(CN)nc1C1CCCS1. The quantitative estimate of drug-likeness (QED) is 0.835. The monoisotopic (exact) mass is 212 g/mol. The van der Waals surface area contributed by atoms with E-state index in [1.165, 1.54) is 18.6 Å². The predicted octanol–water partition coefficient (Wildman–Crippen LogP) is 2.26. The molecule has 1 saturated heterocycles. The molecule has 3 nitrogen and oxygen atoms in total. The van der Waals surface area contributed by atoms with Crippen molar-refractivity contribution in [3.63, 3.8) is 0 Å². The van der Waals surface area contributed by atoms with Gasteiger partial charge in [-0.15, -0.1) is 0 Å². The van der Waals surface area contributed by atoms with Gasteiger partial charge >= 0.3 is 0 Å². The summed E-state index contributed by atoms with van der Waals surface area (Å²) in [6, 6.07) is 0. The first-order valence-electron chi connectivity index (χ1n) is 5.15. The molecule has 0 aliphatic carbocycles. The Labute approximate surface area is 88.5 Å². The lowest BCUT2D eigenvalue weighted by molar-refractivity contribution is 0.459. The van der Waals surface area contributed by atoms with Crippen LogP contribution in [0.15, 0.2) is 4.42 Å². The molecule has 0 spiro atoms. The molecule has 1 atom stereocenters. The standard InChI is InChI=1S/C10H16N2OS/c1-2-7-10(8-4-3-5-14-8)12-9(6-11)13-7/h8H,2-6,11H2,1H3. The second kappa shape index (κ2) is 4.36. The van der Waals surface area contributed by atoms with Crippen LogP contribution in [0, 0.1) is 0 Å². The van der Waals surface area contributed by atoms with Crippen LogP contribution in [0.4, 0.5) is 0 Å². The summed E-state index contributed by atoms with van der Waals surface area (Å²) in [6.07, 6.45) is 3.44. The summed E-state index contributed by atoms with van der Waals surface area (Å²) in [5.41, 5.74) is 6.67. The molecule has 1 aromatic rings. The van der Waals surface area contributed by atoms with Crippen molar-refractivity contribution in [3.8, 4) is 0 Å². The van der Waals surface area contributed by atoms with E-state index in [2.05, 4.69) is 11.9 Å². The maximum absolute atomic E-state index is 5.58. The Hall–Kier alpha value is -0.480. The molecule has 1 unspecified atom stereocenters. The molecule has 2 N–H and O–H groups in total. The van der Waals surface area contributed by atoms with Gasteiger partial charge in [0.15, 0.2) is 0 Å². The highest BCUT2D eigenvalue weighted by molar-refractivity contribution is 7.99. The number of hydrogen-bond donors (Lipinski definition) is 1. The third kappa shape index (κ3) is 1.81.